The molecule has 3 heterocycles. The van der Waals surface area contributed by atoms with Gasteiger partial charge in [-0.3, -0.25) is 9.69 Å². The number of nitrogens with zero attached hydrogens (tertiary/aromatic N) is 4. The number of hydrogen-bond acceptors (Lipinski definition) is 6. The first-order valence-corrected chi connectivity index (χ1v) is 9.66. The fraction of sp³-hybridized carbons (Fsp3) is 0.550. The number of aliphatic hydroxyl groups excluding tert-OH is 1. The van der Waals surface area contributed by atoms with E-state index in [0.717, 1.165) is 44.5 Å². The lowest BCUT2D eigenvalue weighted by molar-refractivity contribution is -0.140. The van der Waals surface area contributed by atoms with Gasteiger partial charge in [-0.05, 0) is 37.9 Å². The molecule has 0 radical (unpaired) electrons. The van der Waals surface area contributed by atoms with E-state index in [1.54, 1.807) is 0 Å². The molecule has 4 rings (SSSR count). The van der Waals surface area contributed by atoms with Crippen molar-refractivity contribution >= 4 is 5.91 Å². The number of aromatic nitrogens is 2. The van der Waals surface area contributed by atoms with E-state index in [9.17, 15) is 9.90 Å². The minimum atomic E-state index is 0.0245. The van der Waals surface area contributed by atoms with Crippen molar-refractivity contribution in [3.63, 3.8) is 0 Å². The van der Waals surface area contributed by atoms with Gasteiger partial charge in [-0.15, -0.1) is 0 Å². The van der Waals surface area contributed by atoms with Crippen LogP contribution in [0.2, 0.25) is 0 Å². The number of β-amino-alcohol motifs (C(OH)–C–C–N with tert-alkyl or cyclic N) is 1. The molecule has 2 fully saturated rings. The van der Waals surface area contributed by atoms with Crippen LogP contribution in [0.25, 0.3) is 11.5 Å². The molecule has 1 aromatic carbocycles. The molecule has 1 N–H and O–H groups in total. The zero-order valence-corrected chi connectivity index (χ0v) is 15.5. The summed E-state index contributed by atoms with van der Waals surface area (Å²) in [6.45, 7) is 3.79. The molecule has 1 amide bonds. The molecule has 27 heavy (non-hydrogen) atoms. The molecule has 0 saturated carbocycles. The van der Waals surface area contributed by atoms with Gasteiger partial charge in [-0.2, -0.15) is 4.98 Å². The smallest absolute Gasteiger partial charge is 0.257 e. The van der Waals surface area contributed by atoms with Crippen LogP contribution < -0.4 is 0 Å². The number of aliphatic hydroxyl groups is 1. The average molecular weight is 370 g/mol. The molecule has 1 atom stereocenters. The normalized spacial score (nSPS) is 23.9. The molecule has 0 bridgehead atoms. The van der Waals surface area contributed by atoms with E-state index in [-0.39, 0.29) is 17.9 Å². The Morgan fingerprint density at radius 1 is 1.19 bits per heavy atom. The maximum Gasteiger partial charge on any atom is 0.257 e. The van der Waals surface area contributed by atoms with Crippen molar-refractivity contribution in [2.45, 2.75) is 32.2 Å². The van der Waals surface area contributed by atoms with E-state index in [2.05, 4.69) is 15.0 Å². The number of carbonyl (C=O) groups excluding carboxylic acids is 1. The zero-order valence-electron chi connectivity index (χ0n) is 15.5. The highest BCUT2D eigenvalue weighted by Gasteiger charge is 2.41. The first-order valence-electron chi connectivity index (χ1n) is 9.66. The number of likely N-dealkylation sites (tertiary alicyclic amines) is 2. The van der Waals surface area contributed by atoms with E-state index in [0.29, 0.717) is 31.2 Å². The molecule has 7 nitrogen and oxygen atoms in total. The second-order valence-electron chi connectivity index (χ2n) is 7.73. The first-order chi connectivity index (χ1) is 13.2. The van der Waals surface area contributed by atoms with Crippen LogP contribution in [0.4, 0.5) is 0 Å². The van der Waals surface area contributed by atoms with Gasteiger partial charge in [0.05, 0.1) is 13.2 Å². The molecule has 144 valence electrons. The summed E-state index contributed by atoms with van der Waals surface area (Å²) >= 11 is 0. The molecular weight excluding hydrogens is 344 g/mol. The summed E-state index contributed by atoms with van der Waals surface area (Å²) in [6.07, 6.45) is 3.73. The predicted molar refractivity (Wildman–Crippen MR) is 99.6 cm³/mol. The molecular formula is C20H26N4O3. The summed E-state index contributed by atoms with van der Waals surface area (Å²) in [7, 11) is 0. The van der Waals surface area contributed by atoms with E-state index >= 15 is 0 Å². The highest BCUT2D eigenvalue weighted by molar-refractivity contribution is 5.77. The minimum Gasteiger partial charge on any atom is -0.395 e. The van der Waals surface area contributed by atoms with E-state index in [4.69, 9.17) is 4.52 Å². The molecule has 1 spiro atoms. The molecule has 2 aliphatic heterocycles. The van der Waals surface area contributed by atoms with Crippen LogP contribution in [0.3, 0.4) is 0 Å². The number of piperidine rings is 2. The third kappa shape index (κ3) is 4.04. The van der Waals surface area contributed by atoms with Gasteiger partial charge < -0.3 is 14.5 Å². The van der Waals surface area contributed by atoms with E-state index < -0.39 is 0 Å². The Morgan fingerprint density at radius 2 is 2.04 bits per heavy atom. The van der Waals surface area contributed by atoms with E-state index in [1.807, 2.05) is 35.2 Å². The highest BCUT2D eigenvalue weighted by Crippen LogP contribution is 2.39. The van der Waals surface area contributed by atoms with Crippen LogP contribution in [-0.2, 0) is 11.3 Å². The number of amides is 1. The lowest BCUT2D eigenvalue weighted by Crippen LogP contribution is -2.54. The summed E-state index contributed by atoms with van der Waals surface area (Å²) in [5.41, 5.74) is 1.05. The van der Waals surface area contributed by atoms with Crippen molar-refractivity contribution in [1.29, 1.82) is 0 Å². The van der Waals surface area contributed by atoms with Gasteiger partial charge in [0.25, 0.3) is 5.89 Å². The van der Waals surface area contributed by atoms with Crippen molar-refractivity contribution in [3.8, 4) is 11.5 Å². The van der Waals surface area contributed by atoms with Crippen LogP contribution in [0.1, 0.15) is 31.5 Å². The van der Waals surface area contributed by atoms with Crippen molar-refractivity contribution < 1.29 is 14.4 Å². The van der Waals surface area contributed by atoms with Gasteiger partial charge in [0, 0.05) is 37.0 Å². The lowest BCUT2D eigenvalue weighted by Gasteiger charge is -2.48. The highest BCUT2D eigenvalue weighted by atomic mass is 16.5. The summed E-state index contributed by atoms with van der Waals surface area (Å²) < 4.78 is 5.42. The van der Waals surface area contributed by atoms with Crippen molar-refractivity contribution in [2.75, 3.05) is 32.8 Å². The summed E-state index contributed by atoms with van der Waals surface area (Å²) in [5.74, 6) is 1.41. The first kappa shape index (κ1) is 18.1. The van der Waals surface area contributed by atoms with Gasteiger partial charge in [0.15, 0.2) is 5.82 Å². The van der Waals surface area contributed by atoms with Gasteiger partial charge >= 0.3 is 0 Å². The maximum atomic E-state index is 12.1. The zero-order chi connectivity index (χ0) is 18.7. The molecule has 2 saturated heterocycles. The lowest BCUT2D eigenvalue weighted by atomic mass is 9.73. The topological polar surface area (TPSA) is 82.7 Å². The third-order valence-corrected chi connectivity index (χ3v) is 5.71. The van der Waals surface area contributed by atoms with Crippen LogP contribution in [0.15, 0.2) is 34.9 Å². The Hall–Kier alpha value is -2.25. The number of benzene rings is 1. The van der Waals surface area contributed by atoms with Gasteiger partial charge in [0.2, 0.25) is 5.91 Å². The average Bonchev–Trinajstić information content (AvgIpc) is 3.15. The second kappa shape index (κ2) is 7.78. The second-order valence-corrected chi connectivity index (χ2v) is 7.73. The molecule has 7 heteroatoms. The van der Waals surface area contributed by atoms with Crippen LogP contribution >= 0.6 is 0 Å². The Kier molecular flexibility index (Phi) is 5.22. The number of rotatable bonds is 5. The van der Waals surface area contributed by atoms with Gasteiger partial charge in [0.1, 0.15) is 0 Å². The van der Waals surface area contributed by atoms with Crippen LogP contribution in [-0.4, -0.2) is 63.7 Å². The molecule has 0 aliphatic carbocycles. The number of carbonyl (C=O) groups is 1. The fourth-order valence-corrected chi connectivity index (χ4v) is 4.42. The maximum absolute atomic E-state index is 12.1. The Balaban J connectivity index is 1.42. The monoisotopic (exact) mass is 370 g/mol. The van der Waals surface area contributed by atoms with Crippen LogP contribution in [0, 0.1) is 5.41 Å². The quantitative estimate of drug-likeness (QED) is 0.866. The van der Waals surface area contributed by atoms with Crippen molar-refractivity contribution in [3.05, 3.63) is 36.2 Å². The largest absolute Gasteiger partial charge is 0.395 e. The summed E-state index contributed by atoms with van der Waals surface area (Å²) in [4.78, 5) is 20.8. The molecule has 2 aliphatic rings. The Labute approximate surface area is 159 Å². The van der Waals surface area contributed by atoms with Gasteiger partial charge in [-0.1, -0.05) is 23.4 Å². The Bertz CT molecular complexity index is 779. The Morgan fingerprint density at radius 3 is 2.85 bits per heavy atom. The SMILES string of the molecule is O=C1CCC2(CCCN(Cc3noc(-c4ccccc4)n3)C2)CN1CCO. The standard InChI is InChI=1S/C20H26N4O3/c25-12-11-24-15-20(9-7-18(24)26)8-4-10-23(14-20)13-17-21-19(27-22-17)16-5-2-1-3-6-16/h1-3,5-6,25H,4,7-15H2. The minimum absolute atomic E-state index is 0.0245. The molecule has 2 aromatic rings. The fourth-order valence-electron chi connectivity index (χ4n) is 4.42. The summed E-state index contributed by atoms with van der Waals surface area (Å²) in [5, 5.41) is 13.4. The van der Waals surface area contributed by atoms with Gasteiger partial charge in [-0.25, -0.2) is 0 Å². The summed E-state index contributed by atoms with van der Waals surface area (Å²) in [6, 6.07) is 9.79. The molecule has 1 aromatic heterocycles. The molecule has 1 unspecified atom stereocenters. The van der Waals surface area contributed by atoms with Crippen molar-refractivity contribution in [2.24, 2.45) is 5.41 Å². The number of hydrogen-bond donors (Lipinski definition) is 1. The predicted octanol–water partition coefficient (Wildman–Crippen LogP) is 1.93. The third-order valence-electron chi connectivity index (χ3n) is 5.71. The van der Waals surface area contributed by atoms with Crippen molar-refractivity contribution in [1.82, 2.24) is 19.9 Å². The van der Waals surface area contributed by atoms with Crippen LogP contribution in [0.5, 0.6) is 0 Å². The van der Waals surface area contributed by atoms with E-state index in [1.165, 1.54) is 0 Å².